The van der Waals surface area contributed by atoms with Crippen molar-refractivity contribution in [2.24, 2.45) is 0 Å². The molecule has 1 amide bonds. The second-order valence-corrected chi connectivity index (χ2v) is 6.34. The Morgan fingerprint density at radius 2 is 2.26 bits per heavy atom. The van der Waals surface area contributed by atoms with Crippen LogP contribution in [0.15, 0.2) is 18.2 Å². The molecule has 5 heteroatoms. The van der Waals surface area contributed by atoms with E-state index in [9.17, 15) is 9.18 Å². The third-order valence-corrected chi connectivity index (χ3v) is 4.27. The molecule has 0 spiro atoms. The average Bonchev–Trinajstić information content (AvgIpc) is 2.75. The third kappa shape index (κ3) is 3.45. The summed E-state index contributed by atoms with van der Waals surface area (Å²) in [7, 11) is 4.03. The van der Waals surface area contributed by atoms with E-state index in [-0.39, 0.29) is 17.8 Å². The Bertz CT molecular complexity index is 479. The van der Waals surface area contributed by atoms with Gasteiger partial charge >= 0.3 is 0 Å². The molecule has 1 aliphatic heterocycles. The summed E-state index contributed by atoms with van der Waals surface area (Å²) in [6.07, 6.45) is 2.09. The lowest BCUT2D eigenvalue weighted by atomic mass is 10.1. The fraction of sp³-hybridized carbons (Fsp3) is 0.500. The topological polar surface area (TPSA) is 23.6 Å². The molecular weight excluding hydrogens is 358 g/mol. The Morgan fingerprint density at radius 3 is 2.89 bits per heavy atom. The molecule has 0 aliphatic carbocycles. The van der Waals surface area contributed by atoms with Crippen molar-refractivity contribution < 1.29 is 9.18 Å². The highest BCUT2D eigenvalue weighted by atomic mass is 127. The van der Waals surface area contributed by atoms with Crippen LogP contribution in [0, 0.1) is 9.39 Å². The molecule has 2 rings (SSSR count). The van der Waals surface area contributed by atoms with Crippen molar-refractivity contribution in [3.63, 3.8) is 0 Å². The van der Waals surface area contributed by atoms with E-state index in [1.54, 1.807) is 6.07 Å². The van der Waals surface area contributed by atoms with Gasteiger partial charge in [0, 0.05) is 22.7 Å². The molecule has 0 radical (unpaired) electrons. The summed E-state index contributed by atoms with van der Waals surface area (Å²) in [6.45, 7) is 1.67. The molecular formula is C14H18FIN2O. The standard InChI is InChI=1S/C14H18FIN2O/c1-17(2)9-11-4-3-7-18(11)14(19)12-6-5-10(15)8-13(12)16/h5-6,8,11H,3-4,7,9H2,1-2H3. The van der Waals surface area contributed by atoms with Crippen LogP contribution < -0.4 is 0 Å². The van der Waals surface area contributed by atoms with Crippen molar-refractivity contribution >= 4 is 28.5 Å². The largest absolute Gasteiger partial charge is 0.334 e. The van der Waals surface area contributed by atoms with E-state index in [2.05, 4.69) is 4.90 Å². The molecule has 1 aliphatic rings. The first-order valence-electron chi connectivity index (χ1n) is 6.40. The zero-order chi connectivity index (χ0) is 14.0. The Labute approximate surface area is 126 Å². The number of rotatable bonds is 3. The fourth-order valence-electron chi connectivity index (χ4n) is 2.53. The van der Waals surface area contributed by atoms with Gasteiger partial charge in [-0.2, -0.15) is 0 Å². The van der Waals surface area contributed by atoms with Crippen LogP contribution in [0.3, 0.4) is 0 Å². The highest BCUT2D eigenvalue weighted by molar-refractivity contribution is 14.1. The molecule has 1 heterocycles. The normalized spacial score (nSPS) is 19.2. The molecule has 19 heavy (non-hydrogen) atoms. The van der Waals surface area contributed by atoms with Gasteiger partial charge in [-0.05, 0) is 67.7 Å². The van der Waals surface area contributed by atoms with Crippen molar-refractivity contribution in [2.75, 3.05) is 27.2 Å². The minimum absolute atomic E-state index is 0.0220. The third-order valence-electron chi connectivity index (χ3n) is 3.38. The summed E-state index contributed by atoms with van der Waals surface area (Å²) in [5, 5.41) is 0. The second kappa shape index (κ2) is 6.17. The molecule has 0 saturated carbocycles. The monoisotopic (exact) mass is 376 g/mol. The van der Waals surface area contributed by atoms with E-state index >= 15 is 0 Å². The lowest BCUT2D eigenvalue weighted by Crippen LogP contribution is -2.41. The van der Waals surface area contributed by atoms with E-state index in [0.717, 1.165) is 25.9 Å². The van der Waals surface area contributed by atoms with Crippen LogP contribution in [0.2, 0.25) is 0 Å². The zero-order valence-electron chi connectivity index (χ0n) is 11.2. The zero-order valence-corrected chi connectivity index (χ0v) is 13.4. The molecule has 1 fully saturated rings. The predicted octanol–water partition coefficient (Wildman–Crippen LogP) is 2.60. The summed E-state index contributed by atoms with van der Waals surface area (Å²) >= 11 is 2.02. The van der Waals surface area contributed by atoms with Gasteiger partial charge in [0.15, 0.2) is 0 Å². The lowest BCUT2D eigenvalue weighted by Gasteiger charge is -2.27. The molecule has 1 atom stereocenters. The van der Waals surface area contributed by atoms with Crippen molar-refractivity contribution in [3.05, 3.63) is 33.1 Å². The first-order valence-corrected chi connectivity index (χ1v) is 7.47. The van der Waals surface area contributed by atoms with Gasteiger partial charge in [-0.25, -0.2) is 4.39 Å². The van der Waals surface area contributed by atoms with Crippen LogP contribution in [0.25, 0.3) is 0 Å². The predicted molar refractivity (Wildman–Crippen MR) is 81.7 cm³/mol. The van der Waals surface area contributed by atoms with E-state index < -0.39 is 0 Å². The van der Waals surface area contributed by atoms with E-state index in [0.29, 0.717) is 9.13 Å². The Kier molecular flexibility index (Phi) is 4.78. The first kappa shape index (κ1) is 14.7. The van der Waals surface area contributed by atoms with Crippen molar-refractivity contribution in [1.29, 1.82) is 0 Å². The number of benzene rings is 1. The van der Waals surface area contributed by atoms with E-state index in [1.807, 2.05) is 41.6 Å². The quantitative estimate of drug-likeness (QED) is 0.758. The van der Waals surface area contributed by atoms with Gasteiger partial charge in [0.1, 0.15) is 5.82 Å². The maximum absolute atomic E-state index is 13.1. The van der Waals surface area contributed by atoms with Gasteiger partial charge in [0.25, 0.3) is 5.91 Å². The molecule has 1 aromatic rings. The Morgan fingerprint density at radius 1 is 1.53 bits per heavy atom. The van der Waals surface area contributed by atoms with Gasteiger partial charge < -0.3 is 9.80 Å². The van der Waals surface area contributed by atoms with Crippen LogP contribution in [0.1, 0.15) is 23.2 Å². The second-order valence-electron chi connectivity index (χ2n) is 5.18. The number of nitrogens with zero attached hydrogens (tertiary/aromatic N) is 2. The van der Waals surface area contributed by atoms with Gasteiger partial charge in [-0.15, -0.1) is 0 Å². The minimum atomic E-state index is -0.299. The summed E-state index contributed by atoms with van der Waals surface area (Å²) in [5.74, 6) is -0.277. The van der Waals surface area contributed by atoms with Gasteiger partial charge in [0.2, 0.25) is 0 Å². The maximum Gasteiger partial charge on any atom is 0.255 e. The minimum Gasteiger partial charge on any atom is -0.334 e. The summed E-state index contributed by atoms with van der Waals surface area (Å²) < 4.78 is 13.8. The molecule has 3 nitrogen and oxygen atoms in total. The molecule has 1 aromatic carbocycles. The average molecular weight is 376 g/mol. The summed E-state index contributed by atoms with van der Waals surface area (Å²) in [5.41, 5.74) is 0.604. The smallest absolute Gasteiger partial charge is 0.255 e. The Hall–Kier alpha value is -0.690. The van der Waals surface area contributed by atoms with Crippen LogP contribution >= 0.6 is 22.6 Å². The van der Waals surface area contributed by atoms with Crippen molar-refractivity contribution in [3.8, 4) is 0 Å². The fourth-order valence-corrected chi connectivity index (χ4v) is 3.24. The maximum atomic E-state index is 13.1. The van der Waals surface area contributed by atoms with Crippen LogP contribution in [0.4, 0.5) is 4.39 Å². The number of likely N-dealkylation sites (N-methyl/N-ethyl adjacent to an activating group) is 1. The molecule has 0 N–H and O–H groups in total. The summed E-state index contributed by atoms with van der Waals surface area (Å²) in [6, 6.07) is 4.62. The van der Waals surface area contributed by atoms with E-state index in [4.69, 9.17) is 0 Å². The van der Waals surface area contributed by atoms with Gasteiger partial charge in [-0.1, -0.05) is 0 Å². The SMILES string of the molecule is CN(C)CC1CCCN1C(=O)c1ccc(F)cc1I. The van der Waals surface area contributed by atoms with Gasteiger partial charge in [-0.3, -0.25) is 4.79 Å². The van der Waals surface area contributed by atoms with Crippen LogP contribution in [-0.4, -0.2) is 48.9 Å². The molecule has 0 bridgehead atoms. The van der Waals surface area contributed by atoms with Crippen molar-refractivity contribution in [2.45, 2.75) is 18.9 Å². The first-order chi connectivity index (χ1) is 8.99. The van der Waals surface area contributed by atoms with Crippen molar-refractivity contribution in [1.82, 2.24) is 9.80 Å². The Balaban J connectivity index is 2.18. The molecule has 1 saturated heterocycles. The molecule has 0 aromatic heterocycles. The number of halogens is 2. The number of amides is 1. The number of carbonyl (C=O) groups is 1. The highest BCUT2D eigenvalue weighted by Gasteiger charge is 2.30. The molecule has 1 unspecified atom stereocenters. The molecule has 104 valence electrons. The number of likely N-dealkylation sites (tertiary alicyclic amines) is 1. The summed E-state index contributed by atoms with van der Waals surface area (Å²) in [4.78, 5) is 16.6. The lowest BCUT2D eigenvalue weighted by molar-refractivity contribution is 0.0715. The highest BCUT2D eigenvalue weighted by Crippen LogP contribution is 2.23. The van der Waals surface area contributed by atoms with E-state index in [1.165, 1.54) is 12.1 Å². The number of hydrogen-bond donors (Lipinski definition) is 0. The number of carbonyl (C=O) groups excluding carboxylic acids is 1. The van der Waals surface area contributed by atoms with Crippen LogP contribution in [-0.2, 0) is 0 Å². The number of hydrogen-bond acceptors (Lipinski definition) is 2. The van der Waals surface area contributed by atoms with Crippen LogP contribution in [0.5, 0.6) is 0 Å². The van der Waals surface area contributed by atoms with Gasteiger partial charge in [0.05, 0.1) is 5.56 Å².